The maximum Gasteiger partial charge on any atom is 0.337 e. The Hall–Kier alpha value is -2.94. The Labute approximate surface area is 192 Å². The van der Waals surface area contributed by atoms with E-state index in [1.807, 2.05) is 13.0 Å². The van der Waals surface area contributed by atoms with E-state index in [2.05, 4.69) is 6.58 Å². The number of hydrogen-bond acceptors (Lipinski definition) is 9. The van der Waals surface area contributed by atoms with Crippen molar-refractivity contribution in [1.82, 2.24) is 0 Å². The molecule has 180 valence electrons. The average molecular weight is 462 g/mol. The topological polar surface area (TPSA) is 114 Å². The molecule has 3 rings (SSSR count). The van der Waals surface area contributed by atoms with Gasteiger partial charge in [-0.15, -0.1) is 0 Å². The smallest absolute Gasteiger partial charge is 0.337 e. The minimum Gasteiger partial charge on any atom is -0.461 e. The maximum absolute atomic E-state index is 12.9. The molecule has 0 aromatic carbocycles. The first-order chi connectivity index (χ1) is 15.5. The van der Waals surface area contributed by atoms with Crippen molar-refractivity contribution in [1.29, 1.82) is 0 Å². The zero-order valence-electron chi connectivity index (χ0n) is 19.4. The van der Waals surface area contributed by atoms with E-state index in [1.54, 1.807) is 6.92 Å². The number of allylic oxidation sites excluding steroid dienone is 2. The Morgan fingerprint density at radius 1 is 1.24 bits per heavy atom. The lowest BCUT2D eigenvalue weighted by atomic mass is 9.81. The van der Waals surface area contributed by atoms with E-state index in [-0.39, 0.29) is 24.4 Å². The molecule has 9 nitrogen and oxygen atoms in total. The number of fused-ring (bicyclic) bond motifs is 4. The zero-order valence-corrected chi connectivity index (χ0v) is 19.4. The third kappa shape index (κ3) is 5.52. The van der Waals surface area contributed by atoms with Crippen molar-refractivity contribution >= 4 is 23.9 Å². The van der Waals surface area contributed by atoms with Crippen molar-refractivity contribution in [3.05, 3.63) is 35.5 Å². The van der Waals surface area contributed by atoms with Gasteiger partial charge in [0.05, 0.1) is 17.1 Å². The van der Waals surface area contributed by atoms with E-state index < -0.39 is 53.7 Å². The number of hydrogen-bond donors (Lipinski definition) is 0. The predicted molar refractivity (Wildman–Crippen MR) is 115 cm³/mol. The summed E-state index contributed by atoms with van der Waals surface area (Å²) in [6.45, 7) is 9.83. The lowest BCUT2D eigenvalue weighted by Crippen LogP contribution is -2.40. The number of rotatable bonds is 6. The Bertz CT molecular complexity index is 915. The van der Waals surface area contributed by atoms with Crippen LogP contribution in [0.25, 0.3) is 0 Å². The molecular formula is C24H30O9. The molecular weight excluding hydrogens is 432 g/mol. The predicted octanol–water partition coefficient (Wildman–Crippen LogP) is 2.34. The van der Waals surface area contributed by atoms with Crippen LogP contribution in [-0.2, 0) is 42.9 Å². The summed E-state index contributed by atoms with van der Waals surface area (Å²) in [5, 5.41) is 0. The third-order valence-corrected chi connectivity index (χ3v) is 6.19. The summed E-state index contributed by atoms with van der Waals surface area (Å²) in [7, 11) is 0. The molecule has 0 aliphatic carbocycles. The third-order valence-electron chi connectivity index (χ3n) is 6.19. The molecule has 2 bridgehead atoms. The van der Waals surface area contributed by atoms with E-state index in [9.17, 15) is 19.2 Å². The highest BCUT2D eigenvalue weighted by Gasteiger charge is 2.56. The van der Waals surface area contributed by atoms with Crippen molar-refractivity contribution in [2.45, 2.75) is 70.9 Å². The van der Waals surface area contributed by atoms with Crippen molar-refractivity contribution in [3.8, 4) is 0 Å². The largest absolute Gasteiger partial charge is 0.461 e. The van der Waals surface area contributed by atoms with Gasteiger partial charge in [0.2, 0.25) is 0 Å². The van der Waals surface area contributed by atoms with E-state index in [0.717, 1.165) is 0 Å². The van der Waals surface area contributed by atoms with Gasteiger partial charge in [0, 0.05) is 25.8 Å². The average Bonchev–Trinajstić information content (AvgIpc) is 2.86. The standard InChI is InChI=1S/C24H30O9/c1-6-16(11-29-14(3)25)23(28)31-18-10-24(5)9-7-8-17(12-30-15(4)26)20(33-24)21-19(18)13(2)22(27)32-21/h6,8,18-21H,2,7,9-12H2,1,3-5H3/b16-6-/t18-,19-,20-,21+,24+/m1/s1. The van der Waals surface area contributed by atoms with Crippen LogP contribution in [0.15, 0.2) is 35.5 Å². The summed E-state index contributed by atoms with van der Waals surface area (Å²) < 4.78 is 28.1. The van der Waals surface area contributed by atoms with Crippen LogP contribution in [0.3, 0.4) is 0 Å². The molecule has 2 fully saturated rings. The van der Waals surface area contributed by atoms with Gasteiger partial charge in [-0.05, 0) is 32.3 Å². The molecule has 0 amide bonds. The quantitative estimate of drug-likeness (QED) is 0.254. The van der Waals surface area contributed by atoms with Crippen LogP contribution in [0.2, 0.25) is 0 Å². The molecule has 9 heteroatoms. The second-order valence-corrected chi connectivity index (χ2v) is 8.75. The summed E-state index contributed by atoms with van der Waals surface area (Å²) in [6.07, 6.45) is 2.86. The number of ether oxygens (including phenoxy) is 5. The summed E-state index contributed by atoms with van der Waals surface area (Å²) in [5.41, 5.74) is 0.392. The van der Waals surface area contributed by atoms with E-state index in [0.29, 0.717) is 24.8 Å². The first-order valence-electron chi connectivity index (χ1n) is 10.9. The van der Waals surface area contributed by atoms with Gasteiger partial charge in [0.25, 0.3) is 0 Å². The van der Waals surface area contributed by atoms with Gasteiger partial charge in [0.15, 0.2) is 0 Å². The molecule has 3 aliphatic rings. The second kappa shape index (κ2) is 9.91. The fourth-order valence-corrected chi connectivity index (χ4v) is 4.49. The number of carbonyl (C=O) groups is 4. The first-order valence-corrected chi connectivity index (χ1v) is 10.9. The second-order valence-electron chi connectivity index (χ2n) is 8.75. The fourth-order valence-electron chi connectivity index (χ4n) is 4.49. The highest BCUT2D eigenvalue weighted by atomic mass is 16.6. The van der Waals surface area contributed by atoms with Crippen molar-refractivity contribution in [3.63, 3.8) is 0 Å². The van der Waals surface area contributed by atoms with Gasteiger partial charge >= 0.3 is 23.9 Å². The van der Waals surface area contributed by atoms with Gasteiger partial charge in [-0.3, -0.25) is 9.59 Å². The van der Waals surface area contributed by atoms with Crippen LogP contribution in [0.1, 0.15) is 47.0 Å². The van der Waals surface area contributed by atoms with Crippen LogP contribution in [0, 0.1) is 5.92 Å². The van der Waals surface area contributed by atoms with Crippen LogP contribution in [-0.4, -0.2) is 61.0 Å². The summed E-state index contributed by atoms with van der Waals surface area (Å²) in [6, 6.07) is 0. The van der Waals surface area contributed by atoms with Crippen LogP contribution >= 0.6 is 0 Å². The van der Waals surface area contributed by atoms with Crippen LogP contribution in [0.5, 0.6) is 0 Å². The molecule has 5 atom stereocenters. The van der Waals surface area contributed by atoms with Crippen molar-refractivity contribution in [2.75, 3.05) is 13.2 Å². The van der Waals surface area contributed by atoms with Crippen molar-refractivity contribution < 1.29 is 42.9 Å². The molecule has 0 aromatic rings. The normalized spacial score (nSPS) is 31.4. The van der Waals surface area contributed by atoms with Gasteiger partial charge in [-0.2, -0.15) is 0 Å². The number of carbonyl (C=O) groups excluding carboxylic acids is 4. The molecule has 0 saturated carbocycles. The summed E-state index contributed by atoms with van der Waals surface area (Å²) >= 11 is 0. The van der Waals surface area contributed by atoms with Gasteiger partial charge < -0.3 is 23.7 Å². The number of esters is 4. The summed E-state index contributed by atoms with van der Waals surface area (Å²) in [4.78, 5) is 47.9. The molecule has 0 unspecified atom stereocenters. The van der Waals surface area contributed by atoms with Crippen LogP contribution < -0.4 is 0 Å². The molecule has 0 radical (unpaired) electrons. The summed E-state index contributed by atoms with van der Waals surface area (Å²) in [5.74, 6) is -2.82. The van der Waals surface area contributed by atoms with E-state index in [1.165, 1.54) is 19.9 Å². The Morgan fingerprint density at radius 3 is 2.58 bits per heavy atom. The lowest BCUT2D eigenvalue weighted by molar-refractivity contribution is -0.153. The Balaban J connectivity index is 1.91. The molecule has 3 aliphatic heterocycles. The Morgan fingerprint density at radius 2 is 1.94 bits per heavy atom. The fraction of sp³-hybridized carbons (Fsp3) is 0.583. The van der Waals surface area contributed by atoms with E-state index in [4.69, 9.17) is 23.7 Å². The molecule has 0 N–H and O–H groups in total. The monoisotopic (exact) mass is 462 g/mol. The van der Waals surface area contributed by atoms with E-state index >= 15 is 0 Å². The maximum atomic E-state index is 12.9. The lowest BCUT2D eigenvalue weighted by Gasteiger charge is -2.32. The van der Waals surface area contributed by atoms with Crippen molar-refractivity contribution in [2.24, 2.45) is 5.92 Å². The van der Waals surface area contributed by atoms with Crippen LogP contribution in [0.4, 0.5) is 0 Å². The molecule has 3 heterocycles. The zero-order chi connectivity index (χ0) is 24.3. The molecule has 33 heavy (non-hydrogen) atoms. The highest BCUT2D eigenvalue weighted by molar-refractivity contribution is 5.92. The highest BCUT2D eigenvalue weighted by Crippen LogP contribution is 2.46. The molecule has 0 aromatic heterocycles. The Kier molecular flexibility index (Phi) is 7.41. The van der Waals surface area contributed by atoms with Gasteiger partial charge in [-0.1, -0.05) is 18.7 Å². The minimum atomic E-state index is -0.785. The molecule has 0 spiro atoms. The minimum absolute atomic E-state index is 0.0128. The molecule has 2 saturated heterocycles. The SMILES string of the molecule is C=C1C(=O)O[C@H]2[C@H]1[C@H](OC(=O)/C(=C\C)COC(C)=O)C[C@]1(C)CCC=C(COC(C)=O)[C@H]2O1. The van der Waals surface area contributed by atoms with Gasteiger partial charge in [-0.25, -0.2) is 9.59 Å². The first kappa shape index (κ1) is 24.7. The van der Waals surface area contributed by atoms with Gasteiger partial charge in [0.1, 0.15) is 31.5 Å².